The molecule has 0 unspecified atom stereocenters. The zero-order valence-corrected chi connectivity index (χ0v) is 23.6. The number of benzene rings is 3. The molecule has 0 spiro atoms. The van der Waals surface area contributed by atoms with E-state index in [9.17, 15) is 9.59 Å². The Bertz CT molecular complexity index is 1390. The van der Waals surface area contributed by atoms with Crippen LogP contribution in [0.3, 0.4) is 0 Å². The Kier molecular flexibility index (Phi) is 9.09. The van der Waals surface area contributed by atoms with E-state index in [-0.39, 0.29) is 24.5 Å². The molecule has 2 amide bonds. The number of amides is 2. The number of anilines is 1. The maximum absolute atomic E-state index is 13.2. The molecule has 4 rings (SSSR count). The van der Waals surface area contributed by atoms with E-state index in [1.807, 2.05) is 63.2 Å². The molecule has 1 atom stereocenters. The molecule has 0 saturated carbocycles. The zero-order chi connectivity index (χ0) is 27.2. The molecular formula is C29H27ClN2O4S2. The lowest BCUT2D eigenvalue weighted by Gasteiger charge is -2.23. The molecule has 0 aliphatic carbocycles. The van der Waals surface area contributed by atoms with Crippen molar-refractivity contribution in [3.8, 4) is 11.5 Å². The summed E-state index contributed by atoms with van der Waals surface area (Å²) in [7, 11) is 0. The summed E-state index contributed by atoms with van der Waals surface area (Å²) in [5.41, 5.74) is 3.29. The monoisotopic (exact) mass is 566 g/mol. The van der Waals surface area contributed by atoms with Gasteiger partial charge >= 0.3 is 0 Å². The van der Waals surface area contributed by atoms with Crippen LogP contribution in [-0.2, 0) is 9.59 Å². The summed E-state index contributed by atoms with van der Waals surface area (Å²) in [4.78, 5) is 27.9. The minimum Gasteiger partial charge on any atom is -0.490 e. The normalized spacial score (nSPS) is 15.1. The van der Waals surface area contributed by atoms with Crippen molar-refractivity contribution >= 4 is 63.5 Å². The first kappa shape index (κ1) is 27.7. The molecule has 1 aliphatic rings. The molecule has 0 bridgehead atoms. The van der Waals surface area contributed by atoms with Crippen molar-refractivity contribution in [1.29, 1.82) is 0 Å². The van der Waals surface area contributed by atoms with Gasteiger partial charge in [-0.1, -0.05) is 78.0 Å². The largest absolute Gasteiger partial charge is 0.490 e. The summed E-state index contributed by atoms with van der Waals surface area (Å²) in [6.45, 7) is 5.91. The fourth-order valence-electron chi connectivity index (χ4n) is 3.91. The number of carbonyl (C=O) groups is 2. The van der Waals surface area contributed by atoms with E-state index < -0.39 is 0 Å². The van der Waals surface area contributed by atoms with E-state index >= 15 is 0 Å². The number of halogens is 1. The van der Waals surface area contributed by atoms with Crippen LogP contribution in [0.1, 0.15) is 36.6 Å². The number of hydrogen-bond donors (Lipinski definition) is 1. The molecule has 196 valence electrons. The van der Waals surface area contributed by atoms with Crippen LogP contribution < -0.4 is 14.8 Å². The van der Waals surface area contributed by atoms with Gasteiger partial charge in [-0.3, -0.25) is 14.5 Å². The highest BCUT2D eigenvalue weighted by atomic mass is 35.5. The summed E-state index contributed by atoms with van der Waals surface area (Å²) >= 11 is 12.8. The second-order valence-electron chi connectivity index (χ2n) is 8.57. The molecule has 1 aliphatic heterocycles. The predicted molar refractivity (Wildman–Crippen MR) is 158 cm³/mol. The molecule has 9 heteroatoms. The highest BCUT2D eigenvalue weighted by molar-refractivity contribution is 8.26. The molecular weight excluding hydrogens is 540 g/mol. The molecule has 6 nitrogen and oxygen atoms in total. The summed E-state index contributed by atoms with van der Waals surface area (Å²) in [6.07, 6.45) is 1.79. The van der Waals surface area contributed by atoms with Crippen LogP contribution in [0.2, 0.25) is 5.02 Å². The van der Waals surface area contributed by atoms with E-state index in [4.69, 9.17) is 33.3 Å². The number of thiocarbonyl (C=S) groups is 1. The van der Waals surface area contributed by atoms with Gasteiger partial charge in [-0.05, 0) is 67.8 Å². The Morgan fingerprint density at radius 2 is 1.87 bits per heavy atom. The Balaban J connectivity index is 1.47. The first-order valence-corrected chi connectivity index (χ1v) is 13.6. The van der Waals surface area contributed by atoms with E-state index in [0.29, 0.717) is 38.0 Å². The van der Waals surface area contributed by atoms with Crippen LogP contribution in [-0.4, -0.2) is 34.2 Å². The van der Waals surface area contributed by atoms with Gasteiger partial charge in [0.05, 0.1) is 17.6 Å². The first-order valence-electron chi connectivity index (χ1n) is 12.0. The molecule has 3 aromatic carbocycles. The lowest BCUT2D eigenvalue weighted by molar-refractivity contribution is -0.123. The number of thioether (sulfide) groups is 1. The maximum Gasteiger partial charge on any atom is 0.266 e. The second kappa shape index (κ2) is 12.5. The van der Waals surface area contributed by atoms with Gasteiger partial charge in [0.1, 0.15) is 4.32 Å². The minimum atomic E-state index is -0.321. The number of nitrogens with zero attached hydrogens (tertiary/aromatic N) is 1. The molecule has 38 heavy (non-hydrogen) atoms. The molecule has 1 fully saturated rings. The number of rotatable bonds is 9. The third-order valence-corrected chi connectivity index (χ3v) is 7.46. The Hall–Kier alpha value is -3.33. The maximum atomic E-state index is 13.2. The van der Waals surface area contributed by atoms with Crippen molar-refractivity contribution in [2.75, 3.05) is 18.5 Å². The van der Waals surface area contributed by atoms with Crippen molar-refractivity contribution in [3.05, 3.63) is 93.3 Å². The van der Waals surface area contributed by atoms with Gasteiger partial charge in [0, 0.05) is 10.7 Å². The Labute approximate surface area is 237 Å². The van der Waals surface area contributed by atoms with Gasteiger partial charge in [0.2, 0.25) is 0 Å². The first-order chi connectivity index (χ1) is 18.3. The minimum absolute atomic E-state index is 0.136. The Morgan fingerprint density at radius 3 is 2.61 bits per heavy atom. The van der Waals surface area contributed by atoms with Gasteiger partial charge < -0.3 is 14.8 Å². The van der Waals surface area contributed by atoms with Gasteiger partial charge in [0.25, 0.3) is 11.8 Å². The van der Waals surface area contributed by atoms with Crippen molar-refractivity contribution in [3.63, 3.8) is 0 Å². The summed E-state index contributed by atoms with van der Waals surface area (Å²) < 4.78 is 12.0. The van der Waals surface area contributed by atoms with Gasteiger partial charge in [-0.2, -0.15) is 0 Å². The SMILES string of the molecule is CCOc1cc(/C=C2\SC(=S)N([C@H](C)c3ccccc3)C2=O)ccc1OCC(=O)Nc1cc(Cl)ccc1C. The smallest absolute Gasteiger partial charge is 0.266 e. The quantitative estimate of drug-likeness (QED) is 0.222. The number of carbonyl (C=O) groups excluding carboxylic acids is 2. The molecule has 1 N–H and O–H groups in total. The van der Waals surface area contributed by atoms with Crippen LogP contribution in [0.4, 0.5) is 5.69 Å². The van der Waals surface area contributed by atoms with Gasteiger partial charge in [-0.25, -0.2) is 0 Å². The van der Waals surface area contributed by atoms with E-state index in [2.05, 4.69) is 5.32 Å². The summed E-state index contributed by atoms with van der Waals surface area (Å²) in [6, 6.07) is 20.2. The van der Waals surface area contributed by atoms with Crippen molar-refractivity contribution in [2.45, 2.75) is 26.8 Å². The van der Waals surface area contributed by atoms with Crippen LogP contribution in [0, 0.1) is 6.92 Å². The van der Waals surface area contributed by atoms with E-state index in [0.717, 1.165) is 16.7 Å². The molecule has 0 radical (unpaired) electrons. The average molecular weight is 567 g/mol. The van der Waals surface area contributed by atoms with Gasteiger partial charge in [-0.15, -0.1) is 0 Å². The standard InChI is InChI=1S/C29H27ClN2O4S2/c1-4-35-25-14-20(11-13-24(25)36-17-27(33)31-23-16-22(30)12-10-18(23)2)15-26-28(34)32(29(37)38-26)19(3)21-8-6-5-7-9-21/h5-16,19H,4,17H2,1-3H3,(H,31,33)/b26-15-/t19-/m1/s1. The third-order valence-electron chi connectivity index (χ3n) is 5.89. The number of hydrogen-bond acceptors (Lipinski definition) is 6. The second-order valence-corrected chi connectivity index (χ2v) is 10.7. The van der Waals surface area contributed by atoms with Gasteiger partial charge in [0.15, 0.2) is 18.1 Å². The van der Waals surface area contributed by atoms with Crippen LogP contribution in [0.25, 0.3) is 6.08 Å². The highest BCUT2D eigenvalue weighted by Gasteiger charge is 2.35. The molecule has 1 heterocycles. The molecule has 0 aromatic heterocycles. The zero-order valence-electron chi connectivity index (χ0n) is 21.2. The van der Waals surface area contributed by atoms with E-state index in [1.165, 1.54) is 11.8 Å². The molecule has 3 aromatic rings. The lowest BCUT2D eigenvalue weighted by atomic mass is 10.1. The topological polar surface area (TPSA) is 67.9 Å². The number of aryl methyl sites for hydroxylation is 1. The summed E-state index contributed by atoms with van der Waals surface area (Å²) in [5.74, 6) is 0.439. The van der Waals surface area contributed by atoms with Crippen LogP contribution in [0.15, 0.2) is 71.6 Å². The highest BCUT2D eigenvalue weighted by Crippen LogP contribution is 2.39. The predicted octanol–water partition coefficient (Wildman–Crippen LogP) is 7.03. The number of ether oxygens (including phenoxy) is 2. The van der Waals surface area contributed by atoms with Crippen molar-refractivity contribution in [1.82, 2.24) is 4.90 Å². The number of nitrogens with one attached hydrogen (secondary N) is 1. The molecule has 1 saturated heterocycles. The van der Waals surface area contributed by atoms with Crippen molar-refractivity contribution < 1.29 is 19.1 Å². The van der Waals surface area contributed by atoms with Crippen molar-refractivity contribution in [2.24, 2.45) is 0 Å². The average Bonchev–Trinajstić information content (AvgIpc) is 3.18. The fourth-order valence-corrected chi connectivity index (χ4v) is 5.50. The summed E-state index contributed by atoms with van der Waals surface area (Å²) in [5, 5.41) is 3.35. The fraction of sp³-hybridized carbons (Fsp3) is 0.207. The van der Waals surface area contributed by atoms with Crippen LogP contribution >= 0.6 is 35.6 Å². The van der Waals surface area contributed by atoms with Crippen LogP contribution in [0.5, 0.6) is 11.5 Å². The third kappa shape index (κ3) is 6.56. The van der Waals surface area contributed by atoms with E-state index in [1.54, 1.807) is 35.2 Å². The lowest BCUT2D eigenvalue weighted by Crippen LogP contribution is -2.30. The Morgan fingerprint density at radius 1 is 1.11 bits per heavy atom.